The molecule has 2 aromatic carbocycles. The Kier molecular flexibility index (Phi) is 4.41. The van der Waals surface area contributed by atoms with Gasteiger partial charge in [0.15, 0.2) is 5.78 Å². The lowest BCUT2D eigenvalue weighted by molar-refractivity contribution is 0.0698. The molecule has 0 bridgehead atoms. The van der Waals surface area contributed by atoms with E-state index < -0.39 is 5.97 Å². The van der Waals surface area contributed by atoms with E-state index in [1.165, 1.54) is 16.7 Å². The number of hydrogen-bond acceptors (Lipinski definition) is 4. The first kappa shape index (κ1) is 17.9. The molecule has 0 spiro atoms. The summed E-state index contributed by atoms with van der Waals surface area (Å²) in [4.78, 5) is 38.0. The number of nitrogens with zero attached hydrogens (tertiary/aromatic N) is 1. The smallest absolute Gasteiger partial charge is 0.346 e. The third-order valence-corrected chi connectivity index (χ3v) is 5.64. The van der Waals surface area contributed by atoms with Crippen LogP contribution < -0.4 is 5.56 Å². The van der Waals surface area contributed by atoms with E-state index in [0.717, 1.165) is 16.9 Å². The normalized spacial score (nSPS) is 10.9. The Labute approximate surface area is 164 Å². The summed E-state index contributed by atoms with van der Waals surface area (Å²) in [6, 6.07) is 18.9. The number of ketones is 1. The Balaban J connectivity index is 2.04. The van der Waals surface area contributed by atoms with Crippen LogP contribution in [0.15, 0.2) is 71.5 Å². The highest BCUT2D eigenvalue weighted by Gasteiger charge is 2.26. The SMILES string of the molecule is Cc1cccc(C(=O)c2c(C(=O)O)sc3c2ccc(=O)n3-c2ccccc2)c1. The van der Waals surface area contributed by atoms with Crippen molar-refractivity contribution in [3.63, 3.8) is 0 Å². The number of aryl methyl sites for hydroxylation is 1. The highest BCUT2D eigenvalue weighted by molar-refractivity contribution is 7.21. The summed E-state index contributed by atoms with van der Waals surface area (Å²) < 4.78 is 1.44. The summed E-state index contributed by atoms with van der Waals surface area (Å²) in [6.07, 6.45) is 0. The molecule has 0 radical (unpaired) electrons. The molecular weight excluding hydrogens is 374 g/mol. The van der Waals surface area contributed by atoms with Gasteiger partial charge in [-0.1, -0.05) is 42.0 Å². The summed E-state index contributed by atoms with van der Waals surface area (Å²) in [5, 5.41) is 10.2. The van der Waals surface area contributed by atoms with Gasteiger partial charge in [-0.2, -0.15) is 0 Å². The largest absolute Gasteiger partial charge is 0.477 e. The fourth-order valence-electron chi connectivity index (χ4n) is 3.21. The molecule has 0 amide bonds. The van der Waals surface area contributed by atoms with Crippen LogP contribution in [0.2, 0.25) is 0 Å². The minimum Gasteiger partial charge on any atom is -0.477 e. The van der Waals surface area contributed by atoms with Crippen LogP contribution in [0.25, 0.3) is 15.9 Å². The van der Waals surface area contributed by atoms with Gasteiger partial charge in [0.25, 0.3) is 5.56 Å². The zero-order chi connectivity index (χ0) is 19.8. The standard InChI is InChI=1S/C22H15NO4S/c1-13-6-5-7-14(12-13)19(25)18-16-10-11-17(24)23(15-8-3-2-4-9-15)21(16)28-20(18)22(26)27/h2-12H,1H3,(H,26,27). The first-order valence-electron chi connectivity index (χ1n) is 8.56. The van der Waals surface area contributed by atoms with Gasteiger partial charge in [-0.15, -0.1) is 11.3 Å². The number of carboxylic acids is 1. The van der Waals surface area contributed by atoms with Crippen LogP contribution >= 0.6 is 11.3 Å². The maximum Gasteiger partial charge on any atom is 0.346 e. The van der Waals surface area contributed by atoms with E-state index in [0.29, 0.717) is 21.5 Å². The molecule has 138 valence electrons. The van der Waals surface area contributed by atoms with E-state index in [4.69, 9.17) is 0 Å². The molecule has 0 atom stereocenters. The molecule has 0 saturated carbocycles. The third kappa shape index (κ3) is 2.93. The molecule has 4 aromatic rings. The molecule has 0 aliphatic rings. The number of carbonyl (C=O) groups excluding carboxylic acids is 1. The van der Waals surface area contributed by atoms with E-state index in [9.17, 15) is 19.5 Å². The Bertz CT molecular complexity index is 1290. The van der Waals surface area contributed by atoms with Crippen LogP contribution in [0.4, 0.5) is 0 Å². The summed E-state index contributed by atoms with van der Waals surface area (Å²) in [6.45, 7) is 1.87. The predicted molar refractivity (Wildman–Crippen MR) is 109 cm³/mol. The molecule has 0 saturated heterocycles. The number of benzene rings is 2. The molecule has 0 unspecified atom stereocenters. The number of hydrogen-bond donors (Lipinski definition) is 1. The number of carbonyl (C=O) groups is 2. The lowest BCUT2D eigenvalue weighted by atomic mass is 9.99. The molecule has 5 nitrogen and oxygen atoms in total. The molecule has 0 aliphatic heterocycles. The molecule has 0 aliphatic carbocycles. The highest BCUT2D eigenvalue weighted by Crippen LogP contribution is 2.33. The van der Waals surface area contributed by atoms with Crippen LogP contribution in [0.1, 0.15) is 31.2 Å². The van der Waals surface area contributed by atoms with Crippen LogP contribution in [0, 0.1) is 6.92 Å². The first-order valence-corrected chi connectivity index (χ1v) is 9.37. The Morgan fingerprint density at radius 1 is 0.964 bits per heavy atom. The molecule has 4 rings (SSSR count). The van der Waals surface area contributed by atoms with E-state index in [-0.39, 0.29) is 21.8 Å². The summed E-state index contributed by atoms with van der Waals surface area (Å²) in [5.41, 5.74) is 1.77. The number of para-hydroxylation sites is 1. The first-order chi connectivity index (χ1) is 13.5. The average molecular weight is 389 g/mol. The molecule has 28 heavy (non-hydrogen) atoms. The van der Waals surface area contributed by atoms with Crippen LogP contribution in [-0.2, 0) is 0 Å². The number of fused-ring (bicyclic) bond motifs is 1. The molecular formula is C22H15NO4S. The molecule has 0 fully saturated rings. The van der Waals surface area contributed by atoms with Gasteiger partial charge in [0.2, 0.25) is 0 Å². The summed E-state index contributed by atoms with van der Waals surface area (Å²) in [7, 11) is 0. The zero-order valence-electron chi connectivity index (χ0n) is 14.9. The molecule has 6 heteroatoms. The quantitative estimate of drug-likeness (QED) is 0.528. The predicted octanol–water partition coefficient (Wildman–Crippen LogP) is 4.29. The minimum absolute atomic E-state index is 0.0724. The van der Waals surface area contributed by atoms with Gasteiger partial charge in [-0.3, -0.25) is 14.2 Å². The maximum absolute atomic E-state index is 13.2. The number of pyridine rings is 1. The minimum atomic E-state index is -1.19. The van der Waals surface area contributed by atoms with Gasteiger partial charge in [0, 0.05) is 17.0 Å². The topological polar surface area (TPSA) is 76.4 Å². The summed E-state index contributed by atoms with van der Waals surface area (Å²) in [5.74, 6) is -1.56. The Morgan fingerprint density at radius 3 is 2.39 bits per heavy atom. The molecule has 1 N–H and O–H groups in total. The number of thiophene rings is 1. The lowest BCUT2D eigenvalue weighted by Gasteiger charge is -2.07. The van der Waals surface area contributed by atoms with Gasteiger partial charge in [0.05, 0.1) is 11.3 Å². The van der Waals surface area contributed by atoms with Crippen molar-refractivity contribution in [1.82, 2.24) is 4.57 Å². The second-order valence-electron chi connectivity index (χ2n) is 6.37. The molecule has 2 aromatic heterocycles. The van der Waals surface area contributed by atoms with E-state index >= 15 is 0 Å². The maximum atomic E-state index is 13.2. The van der Waals surface area contributed by atoms with Crippen molar-refractivity contribution in [2.45, 2.75) is 6.92 Å². The number of aromatic carboxylic acids is 1. The van der Waals surface area contributed by atoms with Gasteiger partial charge in [-0.25, -0.2) is 4.79 Å². The number of rotatable bonds is 4. The van der Waals surface area contributed by atoms with Gasteiger partial charge < -0.3 is 5.11 Å². The molecule has 2 heterocycles. The fraction of sp³-hybridized carbons (Fsp3) is 0.0455. The second kappa shape index (κ2) is 6.90. The Hall–Kier alpha value is -3.51. The second-order valence-corrected chi connectivity index (χ2v) is 7.37. The van der Waals surface area contributed by atoms with E-state index in [2.05, 4.69) is 0 Å². The highest BCUT2D eigenvalue weighted by atomic mass is 32.1. The fourth-order valence-corrected chi connectivity index (χ4v) is 4.36. The average Bonchev–Trinajstić information content (AvgIpc) is 3.07. The monoisotopic (exact) mass is 389 g/mol. The van der Waals surface area contributed by atoms with Gasteiger partial charge in [-0.05, 0) is 31.2 Å². The van der Waals surface area contributed by atoms with Gasteiger partial charge >= 0.3 is 5.97 Å². The van der Waals surface area contributed by atoms with E-state index in [1.54, 1.807) is 42.5 Å². The van der Waals surface area contributed by atoms with Crippen molar-refractivity contribution in [2.24, 2.45) is 0 Å². The Morgan fingerprint density at radius 2 is 1.71 bits per heavy atom. The van der Waals surface area contributed by atoms with Crippen molar-refractivity contribution in [3.05, 3.63) is 98.7 Å². The third-order valence-electron chi connectivity index (χ3n) is 4.46. The van der Waals surface area contributed by atoms with Crippen molar-refractivity contribution in [3.8, 4) is 5.69 Å². The van der Waals surface area contributed by atoms with Crippen LogP contribution in [0.3, 0.4) is 0 Å². The van der Waals surface area contributed by atoms with Crippen molar-refractivity contribution in [2.75, 3.05) is 0 Å². The van der Waals surface area contributed by atoms with Crippen LogP contribution in [0.5, 0.6) is 0 Å². The van der Waals surface area contributed by atoms with E-state index in [1.807, 2.05) is 19.1 Å². The van der Waals surface area contributed by atoms with Crippen LogP contribution in [-0.4, -0.2) is 21.4 Å². The lowest BCUT2D eigenvalue weighted by Crippen LogP contribution is -2.16. The number of carboxylic acid groups (broad SMARTS) is 1. The summed E-state index contributed by atoms with van der Waals surface area (Å²) >= 11 is 0.937. The zero-order valence-corrected chi connectivity index (χ0v) is 15.7. The number of aromatic nitrogens is 1. The van der Waals surface area contributed by atoms with Crippen molar-refractivity contribution >= 4 is 33.3 Å². The van der Waals surface area contributed by atoms with Gasteiger partial charge in [0.1, 0.15) is 9.71 Å². The van der Waals surface area contributed by atoms with Crippen molar-refractivity contribution in [1.29, 1.82) is 0 Å². The van der Waals surface area contributed by atoms with Crippen molar-refractivity contribution < 1.29 is 14.7 Å².